The van der Waals surface area contributed by atoms with Crippen LogP contribution in [0.2, 0.25) is 0 Å². The zero-order chi connectivity index (χ0) is 19.6. The number of anilines is 1. The predicted octanol–water partition coefficient (Wildman–Crippen LogP) is 6.02. The van der Waals surface area contributed by atoms with E-state index < -0.39 is 0 Å². The quantitative estimate of drug-likeness (QED) is 0.234. The molecule has 138 valence electrons. The predicted molar refractivity (Wildman–Crippen MR) is 123 cm³/mol. The maximum atomic E-state index is 6.10. The molecule has 5 rings (SSSR count). The van der Waals surface area contributed by atoms with E-state index in [9.17, 15) is 0 Å². The highest BCUT2D eigenvalue weighted by molar-refractivity contribution is 6.07. The van der Waals surface area contributed by atoms with Gasteiger partial charge in [0.15, 0.2) is 12.4 Å². The van der Waals surface area contributed by atoms with Crippen molar-refractivity contribution in [2.75, 3.05) is 5.73 Å². The molecule has 0 aliphatic heterocycles. The number of hydrogen-bond acceptors (Lipinski definition) is 1. The largest absolute Gasteiger partial charge is 0.393 e. The van der Waals surface area contributed by atoms with Gasteiger partial charge < -0.3 is 5.73 Å². The van der Waals surface area contributed by atoms with E-state index >= 15 is 0 Å². The lowest BCUT2D eigenvalue weighted by atomic mass is 9.96. The summed E-state index contributed by atoms with van der Waals surface area (Å²) < 4.78 is 2.04. The summed E-state index contributed by atoms with van der Waals surface area (Å²) in [6, 6.07) is 31.5. The van der Waals surface area contributed by atoms with E-state index in [4.69, 9.17) is 5.73 Å². The number of para-hydroxylation sites is 2. The van der Waals surface area contributed by atoms with Crippen molar-refractivity contribution in [1.29, 1.82) is 0 Å². The van der Waals surface area contributed by atoms with Crippen molar-refractivity contribution in [3.05, 3.63) is 115 Å². The van der Waals surface area contributed by atoms with Crippen molar-refractivity contribution in [3.63, 3.8) is 0 Å². The third-order valence-electron chi connectivity index (χ3n) is 5.33. The second-order valence-electron chi connectivity index (χ2n) is 7.16. The van der Waals surface area contributed by atoms with Crippen molar-refractivity contribution in [3.8, 4) is 5.69 Å². The molecular formula is C27H21N2+. The van der Waals surface area contributed by atoms with Gasteiger partial charge in [-0.25, -0.2) is 0 Å². The standard InChI is InChI=1S/C27H21N2/c28-26-11-5-6-12-27(26)29-17-15-20(16-18-29)13-14-25-23-9-3-1-7-21(23)19-22-8-2-4-10-24(22)25/h1-19H,28H2/q+1/b14-13+. The van der Waals surface area contributed by atoms with Crippen LogP contribution in [0.3, 0.4) is 0 Å². The number of hydrogen-bond donors (Lipinski definition) is 1. The summed E-state index contributed by atoms with van der Waals surface area (Å²) in [7, 11) is 0. The molecule has 0 spiro atoms. The summed E-state index contributed by atoms with van der Waals surface area (Å²) in [6.45, 7) is 0. The number of nitrogens with zero attached hydrogens (tertiary/aromatic N) is 1. The Balaban J connectivity index is 1.56. The average Bonchev–Trinajstić information content (AvgIpc) is 2.77. The molecule has 0 atom stereocenters. The van der Waals surface area contributed by atoms with E-state index in [0.717, 1.165) is 16.9 Å². The first-order valence-electron chi connectivity index (χ1n) is 9.74. The van der Waals surface area contributed by atoms with Crippen LogP contribution < -0.4 is 10.3 Å². The Bertz CT molecular complexity index is 1290. The molecule has 0 saturated carbocycles. The molecule has 2 nitrogen and oxygen atoms in total. The Morgan fingerprint density at radius 3 is 1.86 bits per heavy atom. The molecule has 29 heavy (non-hydrogen) atoms. The molecule has 0 saturated heterocycles. The number of nitrogens with two attached hydrogens (primary N) is 1. The van der Waals surface area contributed by atoms with E-state index in [-0.39, 0.29) is 0 Å². The van der Waals surface area contributed by atoms with Crippen LogP contribution in [-0.4, -0.2) is 0 Å². The first-order valence-corrected chi connectivity index (χ1v) is 9.74. The van der Waals surface area contributed by atoms with Gasteiger partial charge in [0, 0.05) is 18.2 Å². The van der Waals surface area contributed by atoms with Gasteiger partial charge in [0.1, 0.15) is 5.69 Å². The smallest absolute Gasteiger partial charge is 0.233 e. The van der Waals surface area contributed by atoms with E-state index in [0.29, 0.717) is 0 Å². The number of benzene rings is 4. The van der Waals surface area contributed by atoms with Gasteiger partial charge in [0.2, 0.25) is 5.69 Å². The van der Waals surface area contributed by atoms with Gasteiger partial charge in [-0.2, -0.15) is 4.57 Å². The van der Waals surface area contributed by atoms with Gasteiger partial charge in [-0.15, -0.1) is 0 Å². The Hall–Kier alpha value is -3.91. The minimum absolute atomic E-state index is 0.767. The van der Waals surface area contributed by atoms with Gasteiger partial charge in [-0.1, -0.05) is 72.8 Å². The highest BCUT2D eigenvalue weighted by atomic mass is 15.0. The molecule has 0 aliphatic rings. The van der Waals surface area contributed by atoms with Gasteiger partial charge in [-0.3, -0.25) is 0 Å². The first-order chi connectivity index (χ1) is 14.3. The Kier molecular flexibility index (Phi) is 4.30. The highest BCUT2D eigenvalue weighted by Crippen LogP contribution is 2.30. The fourth-order valence-electron chi connectivity index (χ4n) is 3.84. The molecule has 5 aromatic rings. The number of rotatable bonds is 3. The minimum Gasteiger partial charge on any atom is -0.393 e. The molecule has 0 unspecified atom stereocenters. The Morgan fingerprint density at radius 2 is 1.21 bits per heavy atom. The fourth-order valence-corrected chi connectivity index (χ4v) is 3.84. The molecule has 1 heterocycles. The van der Waals surface area contributed by atoms with Crippen LogP contribution in [0.25, 0.3) is 39.4 Å². The zero-order valence-corrected chi connectivity index (χ0v) is 16.0. The summed E-state index contributed by atoms with van der Waals surface area (Å²) in [4.78, 5) is 0. The molecule has 0 fully saturated rings. The molecule has 4 aromatic carbocycles. The van der Waals surface area contributed by atoms with Crippen molar-refractivity contribution < 1.29 is 4.57 Å². The average molecular weight is 373 g/mol. The van der Waals surface area contributed by atoms with E-state index in [2.05, 4.69) is 78.9 Å². The second kappa shape index (κ2) is 7.25. The second-order valence-corrected chi connectivity index (χ2v) is 7.16. The number of pyridine rings is 1. The van der Waals surface area contributed by atoms with Gasteiger partial charge in [0.05, 0.1) is 0 Å². The van der Waals surface area contributed by atoms with Crippen LogP contribution in [0.1, 0.15) is 11.1 Å². The van der Waals surface area contributed by atoms with Gasteiger partial charge in [-0.05, 0) is 44.8 Å². The zero-order valence-electron chi connectivity index (χ0n) is 16.0. The Morgan fingerprint density at radius 1 is 0.621 bits per heavy atom. The molecule has 0 aliphatic carbocycles. The molecule has 0 radical (unpaired) electrons. The van der Waals surface area contributed by atoms with E-state index in [1.807, 2.05) is 41.2 Å². The van der Waals surface area contributed by atoms with Gasteiger partial charge in [0.25, 0.3) is 0 Å². The van der Waals surface area contributed by atoms with Crippen LogP contribution in [-0.2, 0) is 0 Å². The van der Waals surface area contributed by atoms with Crippen LogP contribution in [0, 0.1) is 0 Å². The lowest BCUT2D eigenvalue weighted by Crippen LogP contribution is -2.30. The van der Waals surface area contributed by atoms with Gasteiger partial charge >= 0.3 is 0 Å². The molecular weight excluding hydrogens is 352 g/mol. The molecule has 2 heteroatoms. The third kappa shape index (κ3) is 3.26. The normalized spacial score (nSPS) is 11.4. The van der Waals surface area contributed by atoms with Crippen LogP contribution >= 0.6 is 0 Å². The summed E-state index contributed by atoms with van der Waals surface area (Å²) in [6.07, 6.45) is 8.49. The lowest BCUT2D eigenvalue weighted by Gasteiger charge is -2.08. The lowest BCUT2D eigenvalue weighted by molar-refractivity contribution is -0.594. The number of aromatic nitrogens is 1. The molecule has 2 N–H and O–H groups in total. The summed E-state index contributed by atoms with van der Waals surface area (Å²) >= 11 is 0. The maximum absolute atomic E-state index is 6.10. The SMILES string of the molecule is Nc1ccccc1-[n+]1ccc(/C=C/c2c3ccccc3cc3ccccc23)cc1. The molecule has 0 amide bonds. The van der Waals surface area contributed by atoms with E-state index in [1.165, 1.54) is 27.1 Å². The number of fused-ring (bicyclic) bond motifs is 2. The third-order valence-corrected chi connectivity index (χ3v) is 5.33. The summed E-state index contributed by atoms with van der Waals surface area (Å²) in [5.74, 6) is 0. The molecule has 0 bridgehead atoms. The topological polar surface area (TPSA) is 29.9 Å². The Labute approximate surface area is 170 Å². The summed E-state index contributed by atoms with van der Waals surface area (Å²) in [5, 5.41) is 5.06. The van der Waals surface area contributed by atoms with Crippen LogP contribution in [0.5, 0.6) is 0 Å². The summed E-state index contributed by atoms with van der Waals surface area (Å²) in [5.41, 5.74) is 10.3. The van der Waals surface area contributed by atoms with Crippen molar-refractivity contribution in [2.45, 2.75) is 0 Å². The maximum Gasteiger partial charge on any atom is 0.233 e. The molecule has 1 aromatic heterocycles. The van der Waals surface area contributed by atoms with Crippen molar-refractivity contribution >= 4 is 39.4 Å². The van der Waals surface area contributed by atoms with Crippen LogP contribution in [0.15, 0.2) is 103 Å². The fraction of sp³-hybridized carbons (Fsp3) is 0. The highest BCUT2D eigenvalue weighted by Gasteiger charge is 2.09. The van der Waals surface area contributed by atoms with Crippen molar-refractivity contribution in [2.24, 2.45) is 0 Å². The van der Waals surface area contributed by atoms with Crippen LogP contribution in [0.4, 0.5) is 5.69 Å². The minimum atomic E-state index is 0.767. The monoisotopic (exact) mass is 373 g/mol. The van der Waals surface area contributed by atoms with E-state index in [1.54, 1.807) is 0 Å². The first kappa shape index (κ1) is 17.2. The van der Waals surface area contributed by atoms with Crippen molar-refractivity contribution in [1.82, 2.24) is 0 Å². The number of nitrogen functional groups attached to an aromatic ring is 1.